The van der Waals surface area contributed by atoms with Gasteiger partial charge in [0.15, 0.2) is 24.0 Å². The van der Waals surface area contributed by atoms with Gasteiger partial charge in [0.05, 0.1) is 25.7 Å². The minimum absolute atomic E-state index is 0.0409. The topological polar surface area (TPSA) is 173 Å². The highest BCUT2D eigenvalue weighted by molar-refractivity contribution is 6.04. The van der Waals surface area contributed by atoms with Crippen molar-refractivity contribution in [2.24, 2.45) is 5.92 Å². The summed E-state index contributed by atoms with van der Waals surface area (Å²) in [5, 5.41) is 10.4. The average molecular weight is 864 g/mol. The van der Waals surface area contributed by atoms with Crippen molar-refractivity contribution in [3.05, 3.63) is 156 Å². The lowest BCUT2D eigenvalue weighted by molar-refractivity contribution is -0.319. The molecular formula is C49H53NO13. The Labute approximate surface area is 366 Å². The van der Waals surface area contributed by atoms with E-state index in [0.29, 0.717) is 11.1 Å². The van der Waals surface area contributed by atoms with E-state index >= 15 is 0 Å². The zero-order chi connectivity index (χ0) is 44.6. The van der Waals surface area contributed by atoms with E-state index < -0.39 is 78.3 Å². The Kier molecular flexibility index (Phi) is 17.4. The normalized spacial score (nSPS) is 22.0. The number of aliphatic hydroxyl groups is 1. The van der Waals surface area contributed by atoms with Gasteiger partial charge in [-0.2, -0.15) is 0 Å². The lowest BCUT2D eigenvalue weighted by Crippen LogP contribution is -2.61. The maximum atomic E-state index is 14.4. The van der Waals surface area contributed by atoms with E-state index in [9.17, 15) is 29.1 Å². The van der Waals surface area contributed by atoms with Crippen molar-refractivity contribution >= 4 is 29.5 Å². The number of aliphatic hydroxyl groups excluding tert-OH is 1. The van der Waals surface area contributed by atoms with Crippen LogP contribution in [0.5, 0.6) is 0 Å². The first kappa shape index (κ1) is 46.6. The summed E-state index contributed by atoms with van der Waals surface area (Å²) in [6, 6.07) is 36.0. The quantitative estimate of drug-likeness (QED) is 0.0564. The van der Waals surface area contributed by atoms with Gasteiger partial charge in [0, 0.05) is 27.1 Å². The van der Waals surface area contributed by atoms with Crippen molar-refractivity contribution < 1.29 is 62.2 Å². The number of imide groups is 1. The molecule has 2 saturated heterocycles. The number of ketones is 2. The van der Waals surface area contributed by atoms with Gasteiger partial charge in [-0.15, -0.1) is 0 Å². The minimum atomic E-state index is -1.67. The Bertz CT molecular complexity index is 2120. The first-order chi connectivity index (χ1) is 30.7. The number of methoxy groups -OCH3 is 1. The van der Waals surface area contributed by atoms with Crippen molar-refractivity contribution in [1.82, 2.24) is 4.90 Å². The van der Waals surface area contributed by atoms with Crippen LogP contribution in [-0.2, 0) is 72.0 Å². The molecule has 0 radical (unpaired) electrons. The Morgan fingerprint density at radius 2 is 1.33 bits per heavy atom. The van der Waals surface area contributed by atoms with Crippen LogP contribution in [0, 0.1) is 5.92 Å². The molecule has 2 aliphatic rings. The van der Waals surface area contributed by atoms with E-state index in [1.54, 1.807) is 60.7 Å². The number of nitrogens with zero attached hydrogens (tertiary/aromatic N) is 1. The third-order valence-electron chi connectivity index (χ3n) is 10.7. The SMILES string of the molecule is CO[C@H]1O[C@H](CO)[C@@H](OCc2ccccc2)[C@H](OCc2ccccc2)[C@@H]1OCCCC(=O)C=CC(=O)[C@@H](OC(C)=O)[C@H](Cc1ccccc1)C(=O)N1C(=O)OC[C@@H]1c1ccccc1. The number of amides is 2. The molecule has 0 bridgehead atoms. The summed E-state index contributed by atoms with van der Waals surface area (Å²) in [4.78, 5) is 68.0. The van der Waals surface area contributed by atoms with Crippen LogP contribution >= 0.6 is 0 Å². The van der Waals surface area contributed by atoms with Gasteiger partial charge in [-0.05, 0) is 47.2 Å². The van der Waals surface area contributed by atoms with E-state index in [2.05, 4.69) is 0 Å². The molecule has 4 aromatic rings. The molecule has 2 amide bonds. The summed E-state index contributed by atoms with van der Waals surface area (Å²) in [5.41, 5.74) is 3.12. The largest absolute Gasteiger partial charge is 0.453 e. The second-order valence-electron chi connectivity index (χ2n) is 15.2. The van der Waals surface area contributed by atoms with Gasteiger partial charge in [0.2, 0.25) is 5.91 Å². The highest BCUT2D eigenvalue weighted by Crippen LogP contribution is 2.33. The number of hydrogen-bond donors (Lipinski definition) is 1. The van der Waals surface area contributed by atoms with Gasteiger partial charge in [0.25, 0.3) is 0 Å². The number of ether oxygens (including phenoxy) is 7. The standard InChI is InChI=1S/C49H53NO13/c1-33(52)62-43(39(28-34-16-7-3-8-17-34)47(55)50-40(32-61-49(50)56)37-22-13-6-14-23-37)41(54)26-25-38(53)24-15-27-58-46-45(60-31-36-20-11-5-12-21-36)44(42(29-51)63-48(46)57-2)59-30-35-18-9-4-10-19-35/h3-14,16-23,25-26,39-40,42-46,48,51H,15,24,27-32H2,1-2H3/t39-,40+,42+,43-,44+,45-,46-,48-/m0/s1. The van der Waals surface area contributed by atoms with Crippen molar-refractivity contribution in [3.8, 4) is 0 Å². The third-order valence-corrected chi connectivity index (χ3v) is 10.7. The van der Waals surface area contributed by atoms with Crippen molar-refractivity contribution in [2.45, 2.75) is 82.3 Å². The highest BCUT2D eigenvalue weighted by Gasteiger charge is 2.49. The van der Waals surface area contributed by atoms with Crippen molar-refractivity contribution in [3.63, 3.8) is 0 Å². The van der Waals surface area contributed by atoms with Crippen LogP contribution in [0.25, 0.3) is 0 Å². The summed E-state index contributed by atoms with van der Waals surface area (Å²) >= 11 is 0. The molecule has 14 nitrogen and oxygen atoms in total. The molecule has 2 aliphatic heterocycles. The molecule has 0 aliphatic carbocycles. The fourth-order valence-electron chi connectivity index (χ4n) is 7.61. The summed E-state index contributed by atoms with van der Waals surface area (Å²) in [7, 11) is 1.46. The van der Waals surface area contributed by atoms with E-state index in [1.165, 1.54) is 7.11 Å². The van der Waals surface area contributed by atoms with Crippen LogP contribution in [0.1, 0.15) is 48.1 Å². The monoisotopic (exact) mass is 863 g/mol. The van der Waals surface area contributed by atoms with Gasteiger partial charge in [-0.3, -0.25) is 19.2 Å². The molecule has 0 spiro atoms. The number of carbonyl (C=O) groups excluding carboxylic acids is 5. The van der Waals surface area contributed by atoms with Crippen LogP contribution in [0.4, 0.5) is 4.79 Å². The number of rotatable bonds is 22. The molecule has 63 heavy (non-hydrogen) atoms. The number of hydrogen-bond acceptors (Lipinski definition) is 13. The van der Waals surface area contributed by atoms with Crippen LogP contribution < -0.4 is 0 Å². The number of benzene rings is 4. The molecule has 6 rings (SSSR count). The second kappa shape index (κ2) is 23.5. The van der Waals surface area contributed by atoms with Gasteiger partial charge < -0.3 is 38.3 Å². The molecule has 4 aromatic carbocycles. The summed E-state index contributed by atoms with van der Waals surface area (Å²) < 4.78 is 41.7. The number of allylic oxidation sites excluding steroid dienone is 1. The molecule has 0 aromatic heterocycles. The smallest absolute Gasteiger partial charge is 0.417 e. The van der Waals surface area contributed by atoms with Crippen LogP contribution in [0.3, 0.4) is 0 Å². The molecule has 14 heteroatoms. The lowest BCUT2D eigenvalue weighted by Gasteiger charge is -2.45. The zero-order valence-corrected chi connectivity index (χ0v) is 35.3. The molecule has 8 atom stereocenters. The lowest BCUT2D eigenvalue weighted by atomic mass is 9.89. The van der Waals surface area contributed by atoms with Gasteiger partial charge in [0.1, 0.15) is 37.1 Å². The highest BCUT2D eigenvalue weighted by atomic mass is 16.7. The molecule has 0 unspecified atom stereocenters. The summed E-state index contributed by atoms with van der Waals surface area (Å²) in [5.74, 6) is -4.19. The maximum absolute atomic E-state index is 14.4. The Morgan fingerprint density at radius 3 is 1.90 bits per heavy atom. The Balaban J connectivity index is 1.13. The predicted molar refractivity (Wildman–Crippen MR) is 227 cm³/mol. The molecule has 0 saturated carbocycles. The van der Waals surface area contributed by atoms with Gasteiger partial charge >= 0.3 is 12.1 Å². The number of esters is 1. The fraction of sp³-hybridized carbons (Fsp3) is 0.367. The van der Waals surface area contributed by atoms with Crippen LogP contribution in [-0.4, -0.2) is 103 Å². The molecule has 2 heterocycles. The number of cyclic esters (lactones) is 1. The first-order valence-corrected chi connectivity index (χ1v) is 20.9. The fourth-order valence-corrected chi connectivity index (χ4v) is 7.61. The molecule has 2 fully saturated rings. The van der Waals surface area contributed by atoms with Gasteiger partial charge in [-0.25, -0.2) is 9.69 Å². The Hall–Kier alpha value is -5.87. The molecular weight excluding hydrogens is 811 g/mol. The summed E-state index contributed by atoms with van der Waals surface area (Å²) in [6.07, 6.45) is -4.45. The first-order valence-electron chi connectivity index (χ1n) is 20.9. The second-order valence-corrected chi connectivity index (χ2v) is 15.2. The zero-order valence-electron chi connectivity index (χ0n) is 35.3. The number of carbonyl (C=O) groups is 5. The van der Waals surface area contributed by atoms with E-state index in [4.69, 9.17) is 33.2 Å². The van der Waals surface area contributed by atoms with E-state index in [0.717, 1.165) is 35.1 Å². The maximum Gasteiger partial charge on any atom is 0.417 e. The Morgan fingerprint density at radius 1 is 0.762 bits per heavy atom. The van der Waals surface area contributed by atoms with Crippen LogP contribution in [0.2, 0.25) is 0 Å². The predicted octanol–water partition coefficient (Wildman–Crippen LogP) is 5.89. The van der Waals surface area contributed by atoms with Crippen molar-refractivity contribution in [1.29, 1.82) is 0 Å². The average Bonchev–Trinajstić information content (AvgIpc) is 3.71. The summed E-state index contributed by atoms with van der Waals surface area (Å²) in [6.45, 7) is 1.14. The van der Waals surface area contributed by atoms with E-state index in [1.807, 2.05) is 60.7 Å². The third kappa shape index (κ3) is 12.9. The van der Waals surface area contributed by atoms with Crippen molar-refractivity contribution in [2.75, 3.05) is 26.9 Å². The molecule has 1 N–H and O–H groups in total. The minimum Gasteiger partial charge on any atom is -0.453 e. The van der Waals surface area contributed by atoms with E-state index in [-0.39, 0.29) is 52.3 Å². The van der Waals surface area contributed by atoms with Crippen LogP contribution in [0.15, 0.2) is 133 Å². The van der Waals surface area contributed by atoms with Gasteiger partial charge in [-0.1, -0.05) is 121 Å². The molecule has 332 valence electrons.